The Morgan fingerprint density at radius 3 is 2.19 bits per heavy atom. The molecule has 1 heterocycles. The second-order valence-corrected chi connectivity index (χ2v) is 11.0. The van der Waals surface area contributed by atoms with Crippen molar-refractivity contribution in [2.24, 2.45) is 11.3 Å². The van der Waals surface area contributed by atoms with Gasteiger partial charge in [0.15, 0.2) is 0 Å². The SMILES string of the molecule is C/C(=C\[C@H](C(C)C)N(C)C(=O)[C@@H](NC(=O)[C@H]1CCCCN1C1CCC1)C(C)(C)C)C(=O)O. The smallest absolute Gasteiger partial charge is 0.331 e. The number of hydrogen-bond acceptors (Lipinski definition) is 4. The number of likely N-dealkylation sites (N-methyl/N-ethyl adjacent to an activating group) is 1. The van der Waals surface area contributed by atoms with Crippen molar-refractivity contribution in [2.75, 3.05) is 13.6 Å². The molecule has 3 atom stereocenters. The third kappa shape index (κ3) is 6.33. The molecule has 0 aromatic heterocycles. The fourth-order valence-electron chi connectivity index (χ4n) is 4.71. The molecule has 1 aliphatic heterocycles. The predicted molar refractivity (Wildman–Crippen MR) is 126 cm³/mol. The second kappa shape index (κ2) is 10.8. The van der Waals surface area contributed by atoms with Gasteiger partial charge in [-0.2, -0.15) is 0 Å². The topological polar surface area (TPSA) is 90.0 Å². The van der Waals surface area contributed by atoms with Crippen LogP contribution in [-0.2, 0) is 14.4 Å². The summed E-state index contributed by atoms with van der Waals surface area (Å²) >= 11 is 0. The second-order valence-electron chi connectivity index (χ2n) is 11.0. The first-order valence-electron chi connectivity index (χ1n) is 12.1. The first-order chi connectivity index (χ1) is 14.8. The maximum atomic E-state index is 13.6. The lowest BCUT2D eigenvalue weighted by Crippen LogP contribution is -2.61. The zero-order chi connectivity index (χ0) is 24.2. The minimum absolute atomic E-state index is 0.0297. The largest absolute Gasteiger partial charge is 0.478 e. The summed E-state index contributed by atoms with van der Waals surface area (Å²) in [6.45, 7) is 12.3. The van der Waals surface area contributed by atoms with Crippen LogP contribution in [0.5, 0.6) is 0 Å². The van der Waals surface area contributed by atoms with Gasteiger partial charge in [-0.15, -0.1) is 0 Å². The molecule has 7 heteroatoms. The molecule has 0 aromatic rings. The van der Waals surface area contributed by atoms with Crippen LogP contribution in [0.4, 0.5) is 0 Å². The fourth-order valence-corrected chi connectivity index (χ4v) is 4.71. The van der Waals surface area contributed by atoms with Crippen LogP contribution in [0.1, 0.15) is 80.1 Å². The standard InChI is InChI=1S/C25H43N3O4/c1-16(2)20(15-17(3)24(31)32)27(7)23(30)21(25(4,5)6)26-22(29)19-13-8-9-14-28(19)18-11-10-12-18/h15-16,18-21H,8-14H2,1-7H3,(H,26,29)(H,31,32)/b17-15+/t19-,20-,21-/m1/s1. The van der Waals surface area contributed by atoms with Crippen LogP contribution in [-0.4, -0.2) is 70.4 Å². The first kappa shape index (κ1) is 26.4. The van der Waals surface area contributed by atoms with E-state index >= 15 is 0 Å². The summed E-state index contributed by atoms with van der Waals surface area (Å²) in [6, 6.07) is -0.745. The first-order valence-corrected chi connectivity index (χ1v) is 12.1. The van der Waals surface area contributed by atoms with Crippen molar-refractivity contribution in [3.63, 3.8) is 0 Å². The fraction of sp³-hybridized carbons (Fsp3) is 0.800. The van der Waals surface area contributed by atoms with Gasteiger partial charge in [-0.1, -0.05) is 53.5 Å². The highest BCUT2D eigenvalue weighted by atomic mass is 16.4. The Bertz CT molecular complexity index is 721. The van der Waals surface area contributed by atoms with E-state index in [1.165, 1.54) is 13.3 Å². The van der Waals surface area contributed by atoms with E-state index < -0.39 is 17.4 Å². The van der Waals surface area contributed by atoms with Crippen molar-refractivity contribution in [1.29, 1.82) is 0 Å². The maximum Gasteiger partial charge on any atom is 0.331 e. The molecule has 2 amide bonds. The minimum Gasteiger partial charge on any atom is -0.478 e. The Morgan fingerprint density at radius 2 is 1.72 bits per heavy atom. The van der Waals surface area contributed by atoms with Crippen molar-refractivity contribution in [3.05, 3.63) is 11.6 Å². The molecule has 2 rings (SSSR count). The maximum absolute atomic E-state index is 13.6. The van der Waals surface area contributed by atoms with E-state index in [4.69, 9.17) is 0 Å². The lowest BCUT2D eigenvalue weighted by molar-refractivity contribution is -0.142. The molecule has 0 unspecified atom stereocenters. The summed E-state index contributed by atoms with van der Waals surface area (Å²) in [6.07, 6.45) is 8.15. The number of carbonyl (C=O) groups is 3. The average molecular weight is 450 g/mol. The molecule has 32 heavy (non-hydrogen) atoms. The molecule has 0 bridgehead atoms. The number of nitrogens with zero attached hydrogens (tertiary/aromatic N) is 2. The molecule has 1 saturated carbocycles. The molecule has 0 spiro atoms. The van der Waals surface area contributed by atoms with Crippen molar-refractivity contribution >= 4 is 17.8 Å². The van der Waals surface area contributed by atoms with E-state index in [0.717, 1.165) is 38.6 Å². The van der Waals surface area contributed by atoms with Gasteiger partial charge in [-0.05, 0) is 50.5 Å². The van der Waals surface area contributed by atoms with Gasteiger partial charge < -0.3 is 15.3 Å². The van der Waals surface area contributed by atoms with Gasteiger partial charge >= 0.3 is 5.97 Å². The van der Waals surface area contributed by atoms with Crippen LogP contribution in [0.2, 0.25) is 0 Å². The minimum atomic E-state index is -0.995. The summed E-state index contributed by atoms with van der Waals surface area (Å²) in [4.78, 5) is 42.3. The highest BCUT2D eigenvalue weighted by Gasteiger charge is 2.41. The third-order valence-electron chi connectivity index (χ3n) is 7.03. The molecular weight excluding hydrogens is 406 g/mol. The van der Waals surface area contributed by atoms with Crippen molar-refractivity contribution in [1.82, 2.24) is 15.1 Å². The Balaban J connectivity index is 2.22. The lowest BCUT2D eigenvalue weighted by atomic mass is 9.84. The van der Waals surface area contributed by atoms with Crippen LogP contribution in [0.3, 0.4) is 0 Å². The predicted octanol–water partition coefficient (Wildman–Crippen LogP) is 3.44. The number of hydrogen-bond donors (Lipinski definition) is 2. The van der Waals surface area contributed by atoms with Gasteiger partial charge in [0, 0.05) is 18.7 Å². The highest BCUT2D eigenvalue weighted by Crippen LogP contribution is 2.31. The lowest BCUT2D eigenvalue weighted by Gasteiger charge is -2.45. The van der Waals surface area contributed by atoms with E-state index in [1.807, 2.05) is 34.6 Å². The van der Waals surface area contributed by atoms with E-state index in [0.29, 0.717) is 6.04 Å². The number of aliphatic carboxylic acids is 1. The number of likely N-dealkylation sites (tertiary alicyclic amines) is 1. The Labute approximate surface area is 193 Å². The number of nitrogens with one attached hydrogen (secondary N) is 1. The van der Waals surface area contributed by atoms with E-state index in [1.54, 1.807) is 18.0 Å². The van der Waals surface area contributed by atoms with Crippen LogP contribution < -0.4 is 5.32 Å². The highest BCUT2D eigenvalue weighted by molar-refractivity contribution is 5.91. The quantitative estimate of drug-likeness (QED) is 0.554. The summed E-state index contributed by atoms with van der Waals surface area (Å²) in [5.41, 5.74) is -0.276. The van der Waals surface area contributed by atoms with Crippen LogP contribution in [0.25, 0.3) is 0 Å². The molecule has 0 aromatic carbocycles. The van der Waals surface area contributed by atoms with Crippen LogP contribution in [0.15, 0.2) is 11.6 Å². The van der Waals surface area contributed by atoms with Crippen LogP contribution >= 0.6 is 0 Å². The number of carboxylic acids is 1. The van der Waals surface area contributed by atoms with E-state index in [-0.39, 0.29) is 35.4 Å². The van der Waals surface area contributed by atoms with Gasteiger partial charge in [0.25, 0.3) is 0 Å². The number of amides is 2. The third-order valence-corrected chi connectivity index (χ3v) is 7.03. The Kier molecular flexibility index (Phi) is 8.91. The summed E-state index contributed by atoms with van der Waals surface area (Å²) in [5, 5.41) is 12.4. The van der Waals surface area contributed by atoms with E-state index in [2.05, 4.69) is 10.2 Å². The average Bonchev–Trinajstić information content (AvgIpc) is 2.66. The van der Waals surface area contributed by atoms with Crippen molar-refractivity contribution in [2.45, 2.75) is 104 Å². The number of piperidine rings is 1. The molecule has 2 aliphatic rings. The van der Waals surface area contributed by atoms with E-state index in [9.17, 15) is 19.5 Å². The zero-order valence-corrected chi connectivity index (χ0v) is 21.0. The summed E-state index contributed by atoms with van der Waals surface area (Å²) < 4.78 is 0. The van der Waals surface area contributed by atoms with Gasteiger partial charge in [0.2, 0.25) is 11.8 Å². The van der Waals surface area contributed by atoms with Gasteiger partial charge in [-0.25, -0.2) is 4.79 Å². The molecule has 2 fully saturated rings. The van der Waals surface area contributed by atoms with Gasteiger partial charge in [-0.3, -0.25) is 14.5 Å². The molecule has 0 radical (unpaired) electrons. The van der Waals surface area contributed by atoms with Gasteiger partial charge in [0.05, 0.1) is 12.1 Å². The zero-order valence-electron chi connectivity index (χ0n) is 21.0. The number of carboxylic acid groups (broad SMARTS) is 1. The molecule has 182 valence electrons. The summed E-state index contributed by atoms with van der Waals surface area (Å²) in [5.74, 6) is -1.21. The molecular formula is C25H43N3O4. The van der Waals surface area contributed by atoms with Crippen molar-refractivity contribution in [3.8, 4) is 0 Å². The Hall–Kier alpha value is -1.89. The summed E-state index contributed by atoms with van der Waals surface area (Å²) in [7, 11) is 1.70. The number of rotatable bonds is 8. The molecule has 1 aliphatic carbocycles. The van der Waals surface area contributed by atoms with Gasteiger partial charge in [0.1, 0.15) is 6.04 Å². The normalized spacial score (nSPS) is 22.8. The molecule has 2 N–H and O–H groups in total. The molecule has 1 saturated heterocycles. The van der Waals surface area contributed by atoms with Crippen LogP contribution in [0, 0.1) is 11.3 Å². The Morgan fingerprint density at radius 1 is 1.09 bits per heavy atom. The monoisotopic (exact) mass is 449 g/mol. The molecule has 7 nitrogen and oxygen atoms in total. The van der Waals surface area contributed by atoms with Crippen molar-refractivity contribution < 1.29 is 19.5 Å². The number of carbonyl (C=O) groups excluding carboxylic acids is 2.